The van der Waals surface area contributed by atoms with Crippen LogP contribution in [0.15, 0.2) is 85.0 Å². The van der Waals surface area contributed by atoms with E-state index in [4.69, 9.17) is 18.9 Å². The van der Waals surface area contributed by atoms with Gasteiger partial charge in [-0.3, -0.25) is 0 Å². The van der Waals surface area contributed by atoms with E-state index in [1.54, 1.807) is 36.4 Å². The van der Waals surface area contributed by atoms with Gasteiger partial charge in [-0.25, -0.2) is 9.59 Å². The second kappa shape index (κ2) is 18.0. The maximum atomic E-state index is 11.2. The summed E-state index contributed by atoms with van der Waals surface area (Å²) in [5.74, 6) is 13.9. The monoisotopic (exact) mass is 594 g/mol. The second-order valence-corrected chi connectivity index (χ2v) is 9.13. The van der Waals surface area contributed by atoms with Crippen molar-refractivity contribution >= 4 is 11.9 Å². The van der Waals surface area contributed by atoms with Gasteiger partial charge in [0.1, 0.15) is 36.2 Å². The van der Waals surface area contributed by atoms with E-state index >= 15 is 0 Å². The topological polar surface area (TPSA) is 89.5 Å². The van der Waals surface area contributed by atoms with Crippen LogP contribution >= 0.6 is 0 Å². The Morgan fingerprint density at radius 2 is 1.02 bits per heavy atom. The third kappa shape index (κ3) is 11.7. The van der Waals surface area contributed by atoms with Crippen molar-refractivity contribution in [1.82, 2.24) is 0 Å². The van der Waals surface area contributed by atoms with Crippen molar-refractivity contribution in [2.75, 3.05) is 40.6 Å². The Kier molecular flexibility index (Phi) is 13.5. The predicted molar refractivity (Wildman–Crippen MR) is 167 cm³/mol. The fourth-order valence-electron chi connectivity index (χ4n) is 3.53. The van der Waals surface area contributed by atoms with Crippen LogP contribution in [0.2, 0.25) is 0 Å². The van der Waals surface area contributed by atoms with Crippen molar-refractivity contribution in [3.8, 4) is 46.7 Å². The highest BCUT2D eigenvalue weighted by molar-refractivity contribution is 5.71. The lowest BCUT2D eigenvalue weighted by molar-refractivity contribution is -0.143. The molecule has 226 valence electrons. The number of benzene rings is 3. The molecule has 3 rings (SSSR count). The van der Waals surface area contributed by atoms with E-state index in [1.807, 2.05) is 62.4 Å². The summed E-state index contributed by atoms with van der Waals surface area (Å²) in [5, 5.41) is 0. The first-order valence-electron chi connectivity index (χ1n) is 13.7. The smallest absolute Gasteiger partial charge is 0.343 e. The van der Waals surface area contributed by atoms with Gasteiger partial charge in [-0.15, -0.1) is 0 Å². The van der Waals surface area contributed by atoms with Crippen molar-refractivity contribution in [2.45, 2.75) is 13.8 Å². The average Bonchev–Trinajstić information content (AvgIpc) is 3.03. The largest absolute Gasteiger partial charge is 0.489 e. The van der Waals surface area contributed by atoms with Gasteiger partial charge in [-0.1, -0.05) is 23.7 Å². The first-order valence-corrected chi connectivity index (χ1v) is 13.7. The van der Waals surface area contributed by atoms with E-state index in [1.165, 1.54) is 14.2 Å². The first kappa shape index (κ1) is 32.9. The van der Waals surface area contributed by atoms with Gasteiger partial charge < -0.3 is 28.4 Å². The van der Waals surface area contributed by atoms with Gasteiger partial charge in [0.2, 0.25) is 0 Å². The molecule has 44 heavy (non-hydrogen) atoms. The van der Waals surface area contributed by atoms with Gasteiger partial charge in [0.05, 0.1) is 14.2 Å². The quantitative estimate of drug-likeness (QED) is 0.204. The van der Waals surface area contributed by atoms with E-state index in [-0.39, 0.29) is 13.2 Å². The third-order valence-corrected chi connectivity index (χ3v) is 5.85. The van der Waals surface area contributed by atoms with Crippen molar-refractivity contribution in [2.24, 2.45) is 0 Å². The molecule has 0 aromatic heterocycles. The first-order chi connectivity index (χ1) is 21.4. The molecule has 0 bridgehead atoms. The van der Waals surface area contributed by atoms with Gasteiger partial charge in [0, 0.05) is 11.1 Å². The van der Waals surface area contributed by atoms with Gasteiger partial charge in [0.25, 0.3) is 0 Å². The molecule has 8 nitrogen and oxygen atoms in total. The number of esters is 2. The molecule has 0 aliphatic carbocycles. The Labute approximate surface area is 258 Å². The Balaban J connectivity index is 1.38. The number of rotatable bonds is 12. The maximum absolute atomic E-state index is 11.2. The summed E-state index contributed by atoms with van der Waals surface area (Å²) in [6, 6.07) is 18.4. The van der Waals surface area contributed by atoms with E-state index in [0.29, 0.717) is 36.2 Å². The normalized spacial score (nSPS) is 10.3. The van der Waals surface area contributed by atoms with E-state index in [0.717, 1.165) is 22.3 Å². The van der Waals surface area contributed by atoms with Crippen LogP contribution in [0.1, 0.15) is 22.3 Å². The van der Waals surface area contributed by atoms with E-state index < -0.39 is 11.9 Å². The zero-order valence-electron chi connectivity index (χ0n) is 25.2. The highest BCUT2D eigenvalue weighted by atomic mass is 16.6. The number of methoxy groups -OCH3 is 2. The molecule has 0 atom stereocenters. The molecule has 0 unspecified atom stereocenters. The molecule has 0 amide bonds. The molecule has 0 fully saturated rings. The molecular formula is C36H34O8. The predicted octanol–water partition coefficient (Wildman–Crippen LogP) is 5.38. The second-order valence-electron chi connectivity index (χ2n) is 9.13. The number of hydrogen-bond donors (Lipinski definition) is 0. The zero-order valence-corrected chi connectivity index (χ0v) is 25.2. The Morgan fingerprint density at radius 1 is 0.614 bits per heavy atom. The van der Waals surface area contributed by atoms with Crippen molar-refractivity contribution in [3.05, 3.63) is 107 Å². The lowest BCUT2D eigenvalue weighted by atomic mass is 10.1. The minimum absolute atomic E-state index is 0.139. The highest BCUT2D eigenvalue weighted by Crippen LogP contribution is 2.24. The van der Waals surface area contributed by atoms with Crippen LogP contribution in [-0.4, -0.2) is 52.6 Å². The van der Waals surface area contributed by atoms with E-state index in [9.17, 15) is 9.59 Å². The standard InChI is InChI=1S/C36H34O8/c1-27-23-31(17-19-33(27)43-25-35(37)39-3)41-21-9-5-7-11-29-13-15-30(16-14-29)12-8-6-10-22-42-32-18-20-34(28(2)24-32)44-26-36(38)40-4/h5-6,9-10,13-20,23-24H,21-22,25-26H2,1-4H3/b9-5+,10-6+. The summed E-state index contributed by atoms with van der Waals surface area (Å²) in [7, 11) is 2.64. The average molecular weight is 595 g/mol. The fraction of sp³-hybridized carbons (Fsp3) is 0.222. The summed E-state index contributed by atoms with van der Waals surface area (Å²) < 4.78 is 31.4. The third-order valence-electron chi connectivity index (χ3n) is 5.85. The molecule has 8 heteroatoms. The van der Waals surface area contributed by atoms with Crippen LogP contribution in [0.5, 0.6) is 23.0 Å². The molecule has 0 aliphatic rings. The van der Waals surface area contributed by atoms with Crippen LogP contribution in [0.3, 0.4) is 0 Å². The van der Waals surface area contributed by atoms with Crippen molar-refractivity contribution in [1.29, 1.82) is 0 Å². The SMILES string of the molecule is COC(=O)COc1ccc(OC/C=C/C#Cc2ccc(C#C/C=C/COc3ccc(OCC(=O)OC)c(C)c3)cc2)cc1C. The number of aryl methyl sites for hydroxylation is 2. The van der Waals surface area contributed by atoms with Gasteiger partial charge in [-0.2, -0.15) is 0 Å². The number of hydrogen-bond acceptors (Lipinski definition) is 8. The molecular weight excluding hydrogens is 560 g/mol. The van der Waals surface area contributed by atoms with Crippen molar-refractivity contribution in [3.63, 3.8) is 0 Å². The minimum Gasteiger partial charge on any atom is -0.489 e. The number of ether oxygens (including phenoxy) is 6. The number of carbonyl (C=O) groups excluding carboxylic acids is 2. The molecule has 3 aromatic carbocycles. The van der Waals surface area contributed by atoms with Crippen LogP contribution < -0.4 is 18.9 Å². The molecule has 0 saturated carbocycles. The summed E-state index contributed by atoms with van der Waals surface area (Å²) in [5.41, 5.74) is 3.46. The van der Waals surface area contributed by atoms with Gasteiger partial charge in [0.15, 0.2) is 13.2 Å². The van der Waals surface area contributed by atoms with Crippen LogP contribution in [0, 0.1) is 37.5 Å². The van der Waals surface area contributed by atoms with Crippen LogP contribution in [-0.2, 0) is 19.1 Å². The van der Waals surface area contributed by atoms with Gasteiger partial charge >= 0.3 is 11.9 Å². The van der Waals surface area contributed by atoms with E-state index in [2.05, 4.69) is 33.2 Å². The Morgan fingerprint density at radius 3 is 1.39 bits per heavy atom. The lowest BCUT2D eigenvalue weighted by Crippen LogP contribution is -2.13. The Bertz CT molecular complexity index is 1470. The van der Waals surface area contributed by atoms with Crippen LogP contribution in [0.25, 0.3) is 0 Å². The van der Waals surface area contributed by atoms with Crippen LogP contribution in [0.4, 0.5) is 0 Å². The number of allylic oxidation sites excluding steroid dienone is 2. The van der Waals surface area contributed by atoms with Crippen molar-refractivity contribution < 1.29 is 38.0 Å². The Hall–Kier alpha value is -5.60. The lowest BCUT2D eigenvalue weighted by Gasteiger charge is -2.10. The summed E-state index contributed by atoms with van der Waals surface area (Å²) in [6.45, 7) is 4.21. The van der Waals surface area contributed by atoms with Gasteiger partial charge in [-0.05, 0) is 110 Å². The molecule has 0 saturated heterocycles. The molecule has 0 heterocycles. The summed E-state index contributed by atoms with van der Waals surface area (Å²) >= 11 is 0. The number of carbonyl (C=O) groups is 2. The molecule has 0 radical (unpaired) electrons. The zero-order chi connectivity index (χ0) is 31.6. The molecule has 0 spiro atoms. The maximum Gasteiger partial charge on any atom is 0.343 e. The highest BCUT2D eigenvalue weighted by Gasteiger charge is 2.07. The summed E-state index contributed by atoms with van der Waals surface area (Å²) in [4.78, 5) is 22.5. The molecule has 0 N–H and O–H groups in total. The fourth-order valence-corrected chi connectivity index (χ4v) is 3.53. The minimum atomic E-state index is -0.436. The molecule has 3 aromatic rings. The molecule has 0 aliphatic heterocycles. The summed E-state index contributed by atoms with van der Waals surface area (Å²) in [6.07, 6.45) is 7.15.